The van der Waals surface area contributed by atoms with Crippen LogP contribution < -0.4 is 0 Å². The van der Waals surface area contributed by atoms with Gasteiger partial charge in [-0.05, 0) is 18.9 Å². The van der Waals surface area contributed by atoms with Gasteiger partial charge in [-0.2, -0.15) is 4.98 Å². The lowest BCUT2D eigenvalue weighted by atomic mass is 10.1. The van der Waals surface area contributed by atoms with Crippen LogP contribution in [0.4, 0.5) is 0 Å². The minimum absolute atomic E-state index is 0.236. The molecule has 0 spiro atoms. The Kier molecular flexibility index (Phi) is 4.00. The third kappa shape index (κ3) is 3.03. The highest BCUT2D eigenvalue weighted by Gasteiger charge is 2.31. The van der Waals surface area contributed by atoms with Gasteiger partial charge in [0.15, 0.2) is 16.8 Å². The molecule has 1 aliphatic rings. The molecule has 3 heterocycles. The van der Waals surface area contributed by atoms with Gasteiger partial charge in [0.25, 0.3) is 0 Å². The molecule has 1 aromatic carbocycles. The fourth-order valence-electron chi connectivity index (χ4n) is 3.17. The van der Waals surface area contributed by atoms with Gasteiger partial charge in [-0.15, -0.1) is 10.2 Å². The predicted octanol–water partition coefficient (Wildman–Crippen LogP) is 4.56. The number of aromatic amines is 1. The number of hydrogen-bond donors (Lipinski definition) is 1. The molecule has 1 aliphatic carbocycles. The van der Waals surface area contributed by atoms with E-state index in [2.05, 4.69) is 48.1 Å². The molecule has 1 N–H and O–H groups in total. The minimum atomic E-state index is 0.236. The number of fused-ring (bicyclic) bond motifs is 1. The molecule has 138 valence electrons. The molecule has 0 bridgehead atoms. The number of aromatic nitrogens is 6. The first kappa shape index (κ1) is 16.6. The Bertz CT molecular complexity index is 1090. The van der Waals surface area contributed by atoms with Crippen LogP contribution in [0.15, 0.2) is 40.1 Å². The standard InChI is InChI=1S/C19H20N6OS/c1-11(2)18-21-16(24-26-18)10-27-19-23-22-17(25(19)12-7-8-12)14-9-20-15-6-4-3-5-13(14)15/h3-6,9,11-12,20H,7-8,10H2,1-2H3. The van der Waals surface area contributed by atoms with Crippen LogP contribution in [0.1, 0.15) is 50.4 Å². The number of para-hydroxylation sites is 1. The molecule has 0 aliphatic heterocycles. The second kappa shape index (κ2) is 6.53. The van der Waals surface area contributed by atoms with Crippen molar-refractivity contribution in [2.24, 2.45) is 0 Å². The van der Waals surface area contributed by atoms with E-state index in [1.807, 2.05) is 26.1 Å². The van der Waals surface area contributed by atoms with Crippen LogP contribution in [0, 0.1) is 0 Å². The second-order valence-electron chi connectivity index (χ2n) is 7.15. The Morgan fingerprint density at radius 2 is 2.11 bits per heavy atom. The van der Waals surface area contributed by atoms with Gasteiger partial charge in [-0.3, -0.25) is 4.57 Å². The van der Waals surface area contributed by atoms with E-state index in [-0.39, 0.29) is 5.92 Å². The first-order chi connectivity index (χ1) is 13.2. The molecule has 3 aromatic heterocycles. The fraction of sp³-hybridized carbons (Fsp3) is 0.368. The molecule has 4 aromatic rings. The Morgan fingerprint density at radius 1 is 1.26 bits per heavy atom. The van der Waals surface area contributed by atoms with Crippen molar-refractivity contribution in [1.29, 1.82) is 0 Å². The van der Waals surface area contributed by atoms with Crippen LogP contribution in [0.3, 0.4) is 0 Å². The average Bonchev–Trinajstić information content (AvgIpc) is 3.10. The van der Waals surface area contributed by atoms with Crippen LogP contribution >= 0.6 is 11.8 Å². The van der Waals surface area contributed by atoms with Gasteiger partial charge in [0.1, 0.15) is 0 Å². The molecular formula is C19H20N6OS. The van der Waals surface area contributed by atoms with Crippen molar-refractivity contribution in [2.45, 2.75) is 49.6 Å². The van der Waals surface area contributed by atoms with E-state index >= 15 is 0 Å². The normalized spacial score (nSPS) is 14.5. The zero-order chi connectivity index (χ0) is 18.4. The molecule has 27 heavy (non-hydrogen) atoms. The van der Waals surface area contributed by atoms with E-state index in [0.29, 0.717) is 23.5 Å². The number of hydrogen-bond acceptors (Lipinski definition) is 6. The van der Waals surface area contributed by atoms with Crippen molar-refractivity contribution in [1.82, 2.24) is 29.9 Å². The van der Waals surface area contributed by atoms with Crippen molar-refractivity contribution in [3.05, 3.63) is 42.2 Å². The van der Waals surface area contributed by atoms with Crippen LogP contribution in [0.5, 0.6) is 0 Å². The van der Waals surface area contributed by atoms with E-state index < -0.39 is 0 Å². The van der Waals surface area contributed by atoms with E-state index in [0.717, 1.165) is 22.1 Å². The number of thioether (sulfide) groups is 1. The number of rotatable bonds is 6. The molecule has 5 rings (SSSR count). The highest BCUT2D eigenvalue weighted by atomic mass is 32.2. The van der Waals surface area contributed by atoms with Crippen molar-refractivity contribution in [3.8, 4) is 11.4 Å². The summed E-state index contributed by atoms with van der Waals surface area (Å²) in [5.74, 6) is 3.15. The van der Waals surface area contributed by atoms with Crippen molar-refractivity contribution in [2.75, 3.05) is 0 Å². The van der Waals surface area contributed by atoms with Crippen molar-refractivity contribution in [3.63, 3.8) is 0 Å². The molecule has 1 fully saturated rings. The minimum Gasteiger partial charge on any atom is -0.360 e. The third-order valence-electron chi connectivity index (χ3n) is 4.71. The van der Waals surface area contributed by atoms with Gasteiger partial charge in [0.05, 0.1) is 5.75 Å². The Balaban J connectivity index is 1.45. The first-order valence-corrected chi connectivity index (χ1v) is 10.2. The summed E-state index contributed by atoms with van der Waals surface area (Å²) in [6.45, 7) is 4.09. The smallest absolute Gasteiger partial charge is 0.229 e. The van der Waals surface area contributed by atoms with E-state index in [1.165, 1.54) is 18.2 Å². The number of nitrogens with zero attached hydrogens (tertiary/aromatic N) is 5. The lowest BCUT2D eigenvalue weighted by Gasteiger charge is -2.07. The summed E-state index contributed by atoms with van der Waals surface area (Å²) in [7, 11) is 0. The zero-order valence-corrected chi connectivity index (χ0v) is 16.0. The monoisotopic (exact) mass is 380 g/mol. The Morgan fingerprint density at radius 3 is 2.89 bits per heavy atom. The number of H-pyrrole nitrogens is 1. The maximum atomic E-state index is 5.30. The molecular weight excluding hydrogens is 360 g/mol. The summed E-state index contributed by atoms with van der Waals surface area (Å²) >= 11 is 1.61. The molecule has 0 unspecified atom stereocenters. The summed E-state index contributed by atoms with van der Waals surface area (Å²) in [5.41, 5.74) is 2.21. The van der Waals surface area contributed by atoms with Gasteiger partial charge in [-0.1, -0.05) is 49.0 Å². The molecule has 0 saturated heterocycles. The highest BCUT2D eigenvalue weighted by molar-refractivity contribution is 7.98. The summed E-state index contributed by atoms with van der Waals surface area (Å²) in [6, 6.07) is 8.76. The molecule has 8 heteroatoms. The number of nitrogens with one attached hydrogen (secondary N) is 1. The second-order valence-corrected chi connectivity index (χ2v) is 8.09. The predicted molar refractivity (Wildman–Crippen MR) is 104 cm³/mol. The summed E-state index contributed by atoms with van der Waals surface area (Å²) in [5, 5.41) is 15.1. The van der Waals surface area contributed by atoms with Gasteiger partial charge in [0.2, 0.25) is 5.89 Å². The summed E-state index contributed by atoms with van der Waals surface area (Å²) in [6.07, 6.45) is 4.36. The lowest BCUT2D eigenvalue weighted by molar-refractivity contribution is 0.362. The zero-order valence-electron chi connectivity index (χ0n) is 15.2. The van der Waals surface area contributed by atoms with Crippen molar-refractivity contribution < 1.29 is 4.52 Å². The largest absolute Gasteiger partial charge is 0.360 e. The quantitative estimate of drug-likeness (QED) is 0.494. The highest BCUT2D eigenvalue weighted by Crippen LogP contribution is 2.42. The summed E-state index contributed by atoms with van der Waals surface area (Å²) < 4.78 is 7.56. The average molecular weight is 380 g/mol. The summed E-state index contributed by atoms with van der Waals surface area (Å²) in [4.78, 5) is 7.78. The van der Waals surface area contributed by atoms with E-state index in [4.69, 9.17) is 4.52 Å². The molecule has 7 nitrogen and oxygen atoms in total. The van der Waals surface area contributed by atoms with Crippen LogP contribution in [-0.4, -0.2) is 29.9 Å². The fourth-order valence-corrected chi connectivity index (χ4v) is 4.02. The van der Waals surface area contributed by atoms with Gasteiger partial charge in [-0.25, -0.2) is 0 Å². The number of benzene rings is 1. The van der Waals surface area contributed by atoms with Gasteiger partial charge < -0.3 is 9.51 Å². The van der Waals surface area contributed by atoms with Crippen LogP contribution in [0.2, 0.25) is 0 Å². The maximum absolute atomic E-state index is 5.30. The topological polar surface area (TPSA) is 85.4 Å². The molecule has 0 atom stereocenters. The van der Waals surface area contributed by atoms with Gasteiger partial charge in [0, 0.05) is 34.6 Å². The Labute approximate surface area is 160 Å². The molecule has 0 amide bonds. The van der Waals surface area contributed by atoms with Gasteiger partial charge >= 0.3 is 0 Å². The molecule has 0 radical (unpaired) electrons. The Hall–Kier alpha value is -2.61. The van der Waals surface area contributed by atoms with Crippen LogP contribution in [-0.2, 0) is 5.75 Å². The SMILES string of the molecule is CC(C)c1nc(CSc2nnc(-c3c[nH]c4ccccc34)n2C2CC2)no1. The van der Waals surface area contributed by atoms with Crippen LogP contribution in [0.25, 0.3) is 22.3 Å². The van der Waals surface area contributed by atoms with E-state index in [1.54, 1.807) is 11.8 Å². The van der Waals surface area contributed by atoms with Crippen molar-refractivity contribution >= 4 is 22.7 Å². The third-order valence-corrected chi connectivity index (χ3v) is 5.65. The lowest BCUT2D eigenvalue weighted by Crippen LogP contribution is -2.00. The van der Waals surface area contributed by atoms with E-state index in [9.17, 15) is 0 Å². The maximum Gasteiger partial charge on any atom is 0.229 e. The first-order valence-electron chi connectivity index (χ1n) is 9.17. The molecule has 1 saturated carbocycles.